The van der Waals surface area contributed by atoms with Crippen molar-refractivity contribution in [3.63, 3.8) is 0 Å². The summed E-state index contributed by atoms with van der Waals surface area (Å²) >= 11 is 0. The first-order valence-corrected chi connectivity index (χ1v) is 10.5. The van der Waals surface area contributed by atoms with Crippen LogP contribution in [0.5, 0.6) is 0 Å². The van der Waals surface area contributed by atoms with Gasteiger partial charge in [-0.2, -0.15) is 0 Å². The fourth-order valence-electron chi connectivity index (χ4n) is 4.64. The summed E-state index contributed by atoms with van der Waals surface area (Å²) in [6.07, 6.45) is 6.04. The highest BCUT2D eigenvalue weighted by Gasteiger charge is 2.29. The van der Waals surface area contributed by atoms with Crippen LogP contribution >= 0.6 is 0 Å². The number of nitrogens with zero attached hydrogens (tertiary/aromatic N) is 6. The number of piperidine rings is 1. The molecule has 2 aliphatic heterocycles. The predicted octanol–water partition coefficient (Wildman–Crippen LogP) is 2.68. The third-order valence-corrected chi connectivity index (χ3v) is 6.29. The molecule has 1 saturated heterocycles. The standard InChI is InChI=1S/C22H26N6O/c1-26-12-5-4-8-18(26)21-25-24-19-10-13-27(14-15-28(19)21)22(29)20-17-7-3-2-6-16(17)9-11-23-20/h2-3,6-7,9,11,18H,4-5,8,10,12-15H2,1H3/t18-/m1/s1. The van der Waals surface area contributed by atoms with Crippen molar-refractivity contribution >= 4 is 16.7 Å². The van der Waals surface area contributed by atoms with E-state index in [4.69, 9.17) is 0 Å². The minimum absolute atomic E-state index is 0.00292. The predicted molar refractivity (Wildman–Crippen MR) is 111 cm³/mol. The van der Waals surface area contributed by atoms with Gasteiger partial charge in [-0.3, -0.25) is 14.7 Å². The molecule has 5 rings (SSSR count). The maximum absolute atomic E-state index is 13.3. The van der Waals surface area contributed by atoms with Crippen LogP contribution in [0.1, 0.15) is 47.4 Å². The first kappa shape index (κ1) is 18.2. The molecule has 3 aromatic rings. The molecule has 1 aromatic carbocycles. The summed E-state index contributed by atoms with van der Waals surface area (Å²) in [5.74, 6) is 2.04. The summed E-state index contributed by atoms with van der Waals surface area (Å²) < 4.78 is 2.25. The van der Waals surface area contributed by atoms with Gasteiger partial charge in [0.2, 0.25) is 0 Å². The Morgan fingerprint density at radius 1 is 1.03 bits per heavy atom. The lowest BCUT2D eigenvalue weighted by molar-refractivity contribution is 0.0754. The average Bonchev–Trinajstić information content (AvgIpc) is 3.04. The van der Waals surface area contributed by atoms with Gasteiger partial charge < -0.3 is 9.47 Å². The molecule has 29 heavy (non-hydrogen) atoms. The monoisotopic (exact) mass is 390 g/mol. The van der Waals surface area contributed by atoms with Crippen molar-refractivity contribution in [2.24, 2.45) is 0 Å². The Morgan fingerprint density at radius 3 is 2.83 bits per heavy atom. The molecular weight excluding hydrogens is 364 g/mol. The fourth-order valence-corrected chi connectivity index (χ4v) is 4.64. The minimum Gasteiger partial charge on any atom is -0.335 e. The summed E-state index contributed by atoms with van der Waals surface area (Å²) in [5.41, 5.74) is 0.535. The number of pyridine rings is 1. The number of hydrogen-bond acceptors (Lipinski definition) is 5. The third kappa shape index (κ3) is 3.29. The van der Waals surface area contributed by atoms with E-state index in [2.05, 4.69) is 31.7 Å². The van der Waals surface area contributed by atoms with Crippen molar-refractivity contribution in [1.82, 2.24) is 29.5 Å². The molecular formula is C22H26N6O. The summed E-state index contributed by atoms with van der Waals surface area (Å²) in [6.45, 7) is 3.13. The molecule has 0 unspecified atom stereocenters. The van der Waals surface area contributed by atoms with Gasteiger partial charge in [0.15, 0.2) is 0 Å². The van der Waals surface area contributed by atoms with Crippen molar-refractivity contribution in [3.8, 4) is 0 Å². The van der Waals surface area contributed by atoms with Crippen LogP contribution in [0.4, 0.5) is 0 Å². The number of hydrogen-bond donors (Lipinski definition) is 0. The smallest absolute Gasteiger partial charge is 0.273 e. The van der Waals surface area contributed by atoms with Crippen LogP contribution in [-0.2, 0) is 13.0 Å². The first-order chi connectivity index (χ1) is 14.2. The topological polar surface area (TPSA) is 67.2 Å². The summed E-state index contributed by atoms with van der Waals surface area (Å²) in [4.78, 5) is 22.0. The Bertz CT molecular complexity index is 1040. The van der Waals surface area contributed by atoms with Crippen molar-refractivity contribution in [2.75, 3.05) is 26.7 Å². The van der Waals surface area contributed by atoms with Crippen LogP contribution in [-0.4, -0.2) is 62.1 Å². The van der Waals surface area contributed by atoms with Gasteiger partial charge in [-0.25, -0.2) is 0 Å². The highest BCUT2D eigenvalue weighted by molar-refractivity contribution is 6.05. The van der Waals surface area contributed by atoms with Crippen molar-refractivity contribution in [1.29, 1.82) is 0 Å². The zero-order valence-electron chi connectivity index (χ0n) is 16.8. The summed E-state index contributed by atoms with van der Waals surface area (Å²) in [5, 5.41) is 11.0. The fraction of sp³-hybridized carbons (Fsp3) is 0.455. The molecule has 150 valence electrons. The summed E-state index contributed by atoms with van der Waals surface area (Å²) in [6, 6.07) is 10.2. The number of aromatic nitrogens is 4. The van der Waals surface area contributed by atoms with Crippen molar-refractivity contribution < 1.29 is 4.79 Å². The first-order valence-electron chi connectivity index (χ1n) is 10.5. The van der Waals surface area contributed by atoms with E-state index in [1.54, 1.807) is 6.20 Å². The quantitative estimate of drug-likeness (QED) is 0.673. The van der Waals surface area contributed by atoms with Gasteiger partial charge in [-0.1, -0.05) is 30.7 Å². The van der Waals surface area contributed by atoms with Crippen molar-refractivity contribution in [3.05, 3.63) is 53.9 Å². The molecule has 7 heteroatoms. The van der Waals surface area contributed by atoms with E-state index in [-0.39, 0.29) is 5.91 Å². The van der Waals surface area contributed by atoms with Gasteiger partial charge >= 0.3 is 0 Å². The molecule has 2 aliphatic rings. The Morgan fingerprint density at radius 2 is 1.93 bits per heavy atom. The lowest BCUT2D eigenvalue weighted by Crippen LogP contribution is -2.35. The van der Waals surface area contributed by atoms with E-state index >= 15 is 0 Å². The lowest BCUT2D eigenvalue weighted by atomic mass is 10.0. The number of rotatable bonds is 2. The maximum atomic E-state index is 13.3. The molecule has 1 fully saturated rings. The van der Waals surface area contributed by atoms with E-state index < -0.39 is 0 Å². The van der Waals surface area contributed by atoms with Crippen LogP contribution in [0.15, 0.2) is 36.5 Å². The summed E-state index contributed by atoms with van der Waals surface area (Å²) in [7, 11) is 2.17. The van der Waals surface area contributed by atoms with Gasteiger partial charge in [0.05, 0.1) is 6.04 Å². The molecule has 0 radical (unpaired) electrons. The number of carbonyl (C=O) groups excluding carboxylic acids is 1. The van der Waals surface area contributed by atoms with Crippen LogP contribution in [0.2, 0.25) is 0 Å². The molecule has 1 amide bonds. The van der Waals surface area contributed by atoms with Crippen molar-refractivity contribution in [2.45, 2.75) is 38.3 Å². The third-order valence-electron chi connectivity index (χ3n) is 6.29. The molecule has 2 aromatic heterocycles. The Balaban J connectivity index is 1.39. The van der Waals surface area contributed by atoms with E-state index in [9.17, 15) is 4.79 Å². The zero-order valence-corrected chi connectivity index (χ0v) is 16.8. The van der Waals surface area contributed by atoms with Crippen LogP contribution in [0, 0.1) is 0 Å². The van der Waals surface area contributed by atoms with E-state index in [1.165, 1.54) is 12.8 Å². The van der Waals surface area contributed by atoms with Gasteiger partial charge in [0.25, 0.3) is 5.91 Å². The van der Waals surface area contributed by atoms with E-state index in [0.717, 1.165) is 48.4 Å². The van der Waals surface area contributed by atoms with Crippen LogP contribution in [0.3, 0.4) is 0 Å². The van der Waals surface area contributed by atoms with E-state index in [0.29, 0.717) is 24.8 Å². The molecule has 0 bridgehead atoms. The molecule has 7 nitrogen and oxygen atoms in total. The molecule has 4 heterocycles. The molecule has 1 atom stereocenters. The van der Waals surface area contributed by atoms with Crippen LogP contribution < -0.4 is 0 Å². The van der Waals surface area contributed by atoms with E-state index in [1.807, 2.05) is 35.2 Å². The number of fused-ring (bicyclic) bond motifs is 2. The van der Waals surface area contributed by atoms with Gasteiger partial charge in [0.1, 0.15) is 17.3 Å². The number of carbonyl (C=O) groups is 1. The number of benzene rings is 1. The Labute approximate surface area is 170 Å². The molecule has 0 N–H and O–H groups in total. The Kier molecular flexibility index (Phi) is 4.75. The van der Waals surface area contributed by atoms with Crippen LogP contribution in [0.25, 0.3) is 10.8 Å². The second-order valence-corrected chi connectivity index (χ2v) is 8.04. The lowest BCUT2D eigenvalue weighted by Gasteiger charge is -2.32. The second kappa shape index (κ2) is 7.55. The maximum Gasteiger partial charge on any atom is 0.273 e. The molecule has 0 aliphatic carbocycles. The number of likely N-dealkylation sites (tertiary alicyclic amines) is 1. The average molecular weight is 390 g/mol. The molecule has 0 spiro atoms. The highest BCUT2D eigenvalue weighted by Crippen LogP contribution is 2.29. The Hall–Kier alpha value is -2.80. The largest absolute Gasteiger partial charge is 0.335 e. The second-order valence-electron chi connectivity index (χ2n) is 8.04. The zero-order chi connectivity index (χ0) is 19.8. The van der Waals surface area contributed by atoms with Gasteiger partial charge in [-0.15, -0.1) is 10.2 Å². The number of amides is 1. The SMILES string of the molecule is CN1CCCC[C@@H]1c1nnc2n1CCN(C(=O)c1nccc3ccccc13)CC2. The van der Waals surface area contributed by atoms with Gasteiger partial charge in [0, 0.05) is 37.6 Å². The normalized spacial score (nSPS) is 20.4. The highest BCUT2D eigenvalue weighted by atomic mass is 16.2. The molecule has 0 saturated carbocycles. The minimum atomic E-state index is -0.00292. The van der Waals surface area contributed by atoms with Gasteiger partial charge in [-0.05, 0) is 37.9 Å².